The minimum absolute atomic E-state index is 0.0121. The van der Waals surface area contributed by atoms with E-state index in [1.807, 2.05) is 12.1 Å². The van der Waals surface area contributed by atoms with E-state index in [0.29, 0.717) is 38.1 Å². The van der Waals surface area contributed by atoms with E-state index in [2.05, 4.69) is 5.32 Å². The third-order valence-corrected chi connectivity index (χ3v) is 4.63. The molecule has 0 spiro atoms. The van der Waals surface area contributed by atoms with Crippen molar-refractivity contribution in [2.75, 3.05) is 33.8 Å². The molecule has 0 aromatic heterocycles. The van der Waals surface area contributed by atoms with Gasteiger partial charge in [0.25, 0.3) is 5.91 Å². The van der Waals surface area contributed by atoms with Crippen molar-refractivity contribution in [3.05, 3.63) is 35.4 Å². The molecule has 1 N–H and O–H groups in total. The van der Waals surface area contributed by atoms with Crippen molar-refractivity contribution in [1.29, 1.82) is 0 Å². The van der Waals surface area contributed by atoms with E-state index in [0.717, 1.165) is 18.4 Å². The number of piperidine rings is 1. The van der Waals surface area contributed by atoms with Crippen LogP contribution in [0.25, 0.3) is 0 Å². The van der Waals surface area contributed by atoms with E-state index < -0.39 is 0 Å². The van der Waals surface area contributed by atoms with Gasteiger partial charge in [0.05, 0.1) is 6.61 Å². The van der Waals surface area contributed by atoms with Gasteiger partial charge < -0.3 is 19.9 Å². The first kappa shape index (κ1) is 20.7. The molecule has 1 aliphatic heterocycles. The molecule has 7 heteroatoms. The summed E-state index contributed by atoms with van der Waals surface area (Å²) in [7, 11) is 3.44. The number of ether oxygens (including phenoxy) is 1. The second kappa shape index (κ2) is 9.94. The van der Waals surface area contributed by atoms with Crippen LogP contribution in [0.3, 0.4) is 0 Å². The van der Waals surface area contributed by atoms with Crippen LogP contribution in [0, 0.1) is 0 Å². The van der Waals surface area contributed by atoms with Gasteiger partial charge in [-0.15, -0.1) is 0 Å². The van der Waals surface area contributed by atoms with Crippen LogP contribution in [0.1, 0.15) is 42.1 Å². The van der Waals surface area contributed by atoms with Crippen LogP contribution >= 0.6 is 0 Å². The molecule has 1 aromatic rings. The molecule has 148 valence electrons. The van der Waals surface area contributed by atoms with Crippen molar-refractivity contribution in [3.8, 4) is 0 Å². The van der Waals surface area contributed by atoms with Crippen LogP contribution in [0.2, 0.25) is 0 Å². The molecule has 1 saturated heterocycles. The number of carbonyl (C=O) groups is 3. The highest BCUT2D eigenvalue weighted by Gasteiger charge is 2.24. The number of hydrogen-bond acceptors (Lipinski definition) is 4. The SMILES string of the molecule is CCOC(=O)N1CCC(NC(=O)CCc2ccc(C(=O)N(C)C)cc2)CC1. The maximum Gasteiger partial charge on any atom is 0.409 e. The Hall–Kier alpha value is -2.57. The predicted octanol–water partition coefficient (Wildman–Crippen LogP) is 2.06. The van der Waals surface area contributed by atoms with Crippen molar-refractivity contribution >= 4 is 17.9 Å². The zero-order valence-corrected chi connectivity index (χ0v) is 16.4. The number of aryl methyl sites for hydroxylation is 1. The Morgan fingerprint density at radius 2 is 1.78 bits per heavy atom. The van der Waals surface area contributed by atoms with E-state index in [4.69, 9.17) is 4.74 Å². The van der Waals surface area contributed by atoms with Gasteiger partial charge in [0.2, 0.25) is 5.91 Å². The summed E-state index contributed by atoms with van der Waals surface area (Å²) in [6.45, 7) is 3.37. The quantitative estimate of drug-likeness (QED) is 0.825. The summed E-state index contributed by atoms with van der Waals surface area (Å²) in [5.74, 6) is -0.0218. The summed E-state index contributed by atoms with van der Waals surface area (Å²) in [5.41, 5.74) is 1.67. The van der Waals surface area contributed by atoms with Crippen LogP contribution in [-0.2, 0) is 16.0 Å². The number of nitrogens with zero attached hydrogens (tertiary/aromatic N) is 2. The van der Waals surface area contributed by atoms with Gasteiger partial charge in [-0.05, 0) is 43.9 Å². The lowest BCUT2D eigenvalue weighted by molar-refractivity contribution is -0.122. The van der Waals surface area contributed by atoms with Crippen molar-refractivity contribution in [1.82, 2.24) is 15.1 Å². The standard InChI is InChI=1S/C20H29N3O4/c1-4-27-20(26)23-13-11-17(12-14-23)21-18(24)10-7-15-5-8-16(9-6-15)19(25)22(2)3/h5-6,8-9,17H,4,7,10-14H2,1-3H3,(H,21,24). The molecule has 0 unspecified atom stereocenters. The van der Waals surface area contributed by atoms with Gasteiger partial charge in [-0.25, -0.2) is 4.79 Å². The lowest BCUT2D eigenvalue weighted by atomic mass is 10.0. The molecule has 0 atom stereocenters. The van der Waals surface area contributed by atoms with E-state index in [1.54, 1.807) is 38.1 Å². The van der Waals surface area contributed by atoms with Gasteiger partial charge in [0.1, 0.15) is 0 Å². The zero-order valence-electron chi connectivity index (χ0n) is 16.4. The lowest BCUT2D eigenvalue weighted by Crippen LogP contribution is -2.46. The van der Waals surface area contributed by atoms with Crippen molar-refractivity contribution in [2.24, 2.45) is 0 Å². The minimum atomic E-state index is -0.279. The molecule has 7 nitrogen and oxygen atoms in total. The van der Waals surface area contributed by atoms with Gasteiger partial charge in [0, 0.05) is 45.2 Å². The highest BCUT2D eigenvalue weighted by atomic mass is 16.6. The number of benzene rings is 1. The number of likely N-dealkylation sites (tertiary alicyclic amines) is 1. The Kier molecular flexibility index (Phi) is 7.64. The van der Waals surface area contributed by atoms with Crippen molar-refractivity contribution in [2.45, 2.75) is 38.6 Å². The molecule has 1 heterocycles. The van der Waals surface area contributed by atoms with E-state index in [1.165, 1.54) is 4.90 Å². The highest BCUT2D eigenvalue weighted by Crippen LogP contribution is 2.13. The van der Waals surface area contributed by atoms with Crippen molar-refractivity contribution < 1.29 is 19.1 Å². The predicted molar refractivity (Wildman–Crippen MR) is 103 cm³/mol. The van der Waals surface area contributed by atoms with Crippen LogP contribution in [-0.4, -0.2) is 67.5 Å². The lowest BCUT2D eigenvalue weighted by Gasteiger charge is -2.31. The summed E-state index contributed by atoms with van der Waals surface area (Å²) in [5, 5.41) is 3.05. The first-order valence-corrected chi connectivity index (χ1v) is 9.42. The largest absolute Gasteiger partial charge is 0.450 e. The van der Waals surface area contributed by atoms with E-state index in [-0.39, 0.29) is 23.9 Å². The first-order chi connectivity index (χ1) is 12.9. The number of amides is 3. The Morgan fingerprint density at radius 3 is 2.33 bits per heavy atom. The Labute approximate surface area is 160 Å². The summed E-state index contributed by atoms with van der Waals surface area (Å²) >= 11 is 0. The van der Waals surface area contributed by atoms with Gasteiger partial charge in [-0.1, -0.05) is 12.1 Å². The minimum Gasteiger partial charge on any atom is -0.450 e. The highest BCUT2D eigenvalue weighted by molar-refractivity contribution is 5.93. The van der Waals surface area contributed by atoms with Crippen LogP contribution < -0.4 is 5.32 Å². The number of hydrogen-bond donors (Lipinski definition) is 1. The van der Waals surface area contributed by atoms with Gasteiger partial charge in [0.15, 0.2) is 0 Å². The summed E-state index contributed by atoms with van der Waals surface area (Å²) in [4.78, 5) is 39.0. The molecule has 1 aliphatic rings. The Balaban J connectivity index is 1.72. The fourth-order valence-electron chi connectivity index (χ4n) is 3.05. The van der Waals surface area contributed by atoms with Gasteiger partial charge in [-0.3, -0.25) is 9.59 Å². The fraction of sp³-hybridized carbons (Fsp3) is 0.550. The molecular weight excluding hydrogens is 346 g/mol. The van der Waals surface area contributed by atoms with E-state index >= 15 is 0 Å². The maximum atomic E-state index is 12.2. The van der Waals surface area contributed by atoms with Gasteiger partial charge in [-0.2, -0.15) is 0 Å². The topological polar surface area (TPSA) is 79.0 Å². The summed E-state index contributed by atoms with van der Waals surface area (Å²) in [6.07, 6.45) is 2.24. The van der Waals surface area contributed by atoms with Crippen LogP contribution in [0.5, 0.6) is 0 Å². The third kappa shape index (κ3) is 6.27. The van der Waals surface area contributed by atoms with Crippen LogP contribution in [0.15, 0.2) is 24.3 Å². The molecule has 0 saturated carbocycles. The Morgan fingerprint density at radius 1 is 1.15 bits per heavy atom. The second-order valence-electron chi connectivity index (χ2n) is 6.92. The maximum absolute atomic E-state index is 12.2. The number of carbonyl (C=O) groups excluding carboxylic acids is 3. The molecule has 1 fully saturated rings. The van der Waals surface area contributed by atoms with Crippen molar-refractivity contribution in [3.63, 3.8) is 0 Å². The molecule has 27 heavy (non-hydrogen) atoms. The average Bonchev–Trinajstić information content (AvgIpc) is 2.67. The molecule has 2 rings (SSSR count). The van der Waals surface area contributed by atoms with Crippen LogP contribution in [0.4, 0.5) is 4.79 Å². The molecule has 0 aliphatic carbocycles. The first-order valence-electron chi connectivity index (χ1n) is 9.42. The Bertz CT molecular complexity index is 650. The molecule has 1 aromatic carbocycles. The molecular formula is C20H29N3O4. The molecule has 3 amide bonds. The third-order valence-electron chi connectivity index (χ3n) is 4.63. The second-order valence-corrected chi connectivity index (χ2v) is 6.92. The molecule has 0 bridgehead atoms. The fourth-order valence-corrected chi connectivity index (χ4v) is 3.05. The van der Waals surface area contributed by atoms with E-state index in [9.17, 15) is 14.4 Å². The monoisotopic (exact) mass is 375 g/mol. The average molecular weight is 375 g/mol. The smallest absolute Gasteiger partial charge is 0.409 e. The molecule has 0 radical (unpaired) electrons. The summed E-state index contributed by atoms with van der Waals surface area (Å²) < 4.78 is 5.00. The van der Waals surface area contributed by atoms with Gasteiger partial charge >= 0.3 is 6.09 Å². The normalized spacial score (nSPS) is 14.6. The summed E-state index contributed by atoms with van der Waals surface area (Å²) in [6, 6.07) is 7.47. The number of rotatable bonds is 6. The number of nitrogens with one attached hydrogen (secondary N) is 1. The zero-order chi connectivity index (χ0) is 19.8.